The second-order valence-corrected chi connectivity index (χ2v) is 4.44. The molecule has 3 unspecified atom stereocenters. The molecule has 0 amide bonds. The maximum Gasteiger partial charge on any atom is 0.160 e. The molecule has 0 saturated carbocycles. The van der Waals surface area contributed by atoms with Crippen LogP contribution in [0.4, 0.5) is 0 Å². The average molecular weight is 544 g/mol. The van der Waals surface area contributed by atoms with Crippen molar-refractivity contribution >= 4 is 37.2 Å². The molecule has 0 radical (unpaired) electrons. The fraction of sp³-hybridized carbons (Fsp3) is 1.00. The Bertz CT molecular complexity index is 276. The lowest BCUT2D eigenvalue weighted by molar-refractivity contribution is -0.127. The molecular formula is C11H30I2O8. The summed E-state index contributed by atoms with van der Waals surface area (Å²) in [5, 5.41) is 43.8. The van der Waals surface area contributed by atoms with Crippen molar-refractivity contribution in [3.05, 3.63) is 0 Å². The van der Waals surface area contributed by atoms with Crippen LogP contribution in [-0.2, 0) is 14.2 Å². The highest BCUT2D eigenvalue weighted by Crippen LogP contribution is 2.20. The van der Waals surface area contributed by atoms with E-state index in [4.69, 9.17) is 35.0 Å². The van der Waals surface area contributed by atoms with Gasteiger partial charge < -0.3 is 39.7 Å². The first-order valence-corrected chi connectivity index (χ1v) is 12.5. The Hall–Kier alpha value is 1.14. The highest BCUT2D eigenvalue weighted by molar-refractivity contribution is 15.0. The van der Waals surface area contributed by atoms with Gasteiger partial charge in [-0.05, 0) is 0 Å². The molecule has 2 heterocycles. The summed E-state index contributed by atoms with van der Waals surface area (Å²) in [6.07, 6.45) is -2.98. The number of aliphatic hydroxyl groups is 5. The summed E-state index contributed by atoms with van der Waals surface area (Å²) in [5.41, 5.74) is 0. The summed E-state index contributed by atoms with van der Waals surface area (Å²) in [6.45, 7) is -0.390. The van der Waals surface area contributed by atoms with Crippen LogP contribution in [0.1, 0.15) is 18.5 Å². The van der Waals surface area contributed by atoms with E-state index in [2.05, 4.69) is 42.0 Å². The van der Waals surface area contributed by atoms with Crippen molar-refractivity contribution in [1.82, 2.24) is 0 Å². The summed E-state index contributed by atoms with van der Waals surface area (Å²) in [5.74, 6) is 0. The zero-order valence-electron chi connectivity index (χ0n) is 11.5. The van der Waals surface area contributed by atoms with Crippen LogP contribution in [0, 0.1) is 0 Å². The molecular weight excluding hydrogens is 514 g/mol. The van der Waals surface area contributed by atoms with Crippen molar-refractivity contribution in [1.29, 1.82) is 0 Å². The van der Waals surface area contributed by atoms with E-state index in [1.165, 1.54) is 7.11 Å². The minimum atomic E-state index is -0.905. The molecule has 6 atom stereocenters. The fourth-order valence-corrected chi connectivity index (χ4v) is 1.88. The molecule has 0 bridgehead atoms. The SMILES string of the molecule is COC1CC(O)[C@@H](CO)O1.II.OC[C@H]1O[C@@H](O)CC1O.[HH].[HH].[HH].[HH]. The smallest absolute Gasteiger partial charge is 0.160 e. The molecule has 2 aliphatic heterocycles. The van der Waals surface area contributed by atoms with Crippen LogP contribution in [0.25, 0.3) is 0 Å². The molecule has 136 valence electrons. The topological polar surface area (TPSA) is 129 Å². The zero-order chi connectivity index (χ0) is 16.4. The van der Waals surface area contributed by atoms with Crippen LogP contribution in [0.3, 0.4) is 0 Å². The van der Waals surface area contributed by atoms with Crippen LogP contribution >= 0.6 is 37.2 Å². The Kier molecular flexibility index (Phi) is 13.2. The van der Waals surface area contributed by atoms with Gasteiger partial charge in [0.2, 0.25) is 0 Å². The first-order valence-electron chi connectivity index (χ1n) is 6.25. The maximum absolute atomic E-state index is 9.13. The first-order chi connectivity index (χ1) is 10.0. The molecule has 10 heteroatoms. The van der Waals surface area contributed by atoms with E-state index in [0.29, 0.717) is 6.42 Å². The summed E-state index contributed by atoms with van der Waals surface area (Å²) < 4.78 is 14.5. The highest BCUT2D eigenvalue weighted by atomic mass is 128. The lowest BCUT2D eigenvalue weighted by Crippen LogP contribution is -2.24. The summed E-state index contributed by atoms with van der Waals surface area (Å²) in [6, 6.07) is 0. The minimum absolute atomic E-state index is 0. The van der Waals surface area contributed by atoms with Crippen molar-refractivity contribution in [3.63, 3.8) is 0 Å². The highest BCUT2D eigenvalue weighted by Gasteiger charge is 2.33. The van der Waals surface area contributed by atoms with Gasteiger partial charge in [0.1, 0.15) is 12.2 Å². The standard InChI is InChI=1S/C6H12O4.C5H10O4.I2.4H2/c1-9-6-2-4(8)5(3-7)10-6;6-2-4-3(7)1-5(8)9-4;1-2;;;;/h4-8H,2-3H2,1H3;3-8H,1-2H2;;4*1H/t4?,5-,6?;3?,4-,5-;;;;;/m11...../s1. The first kappa shape index (κ1) is 22.1. The average Bonchev–Trinajstić information content (AvgIpc) is 3.03. The third-order valence-corrected chi connectivity index (χ3v) is 3.02. The minimum Gasteiger partial charge on any atom is -0.394 e. The van der Waals surface area contributed by atoms with E-state index >= 15 is 0 Å². The third kappa shape index (κ3) is 7.99. The number of ether oxygens (including phenoxy) is 3. The summed E-state index contributed by atoms with van der Waals surface area (Å²) >= 11 is 4.24. The number of aliphatic hydroxyl groups excluding tert-OH is 5. The molecule has 0 spiro atoms. The molecule has 0 aliphatic carbocycles. The molecule has 21 heavy (non-hydrogen) atoms. The van der Waals surface area contributed by atoms with Gasteiger partial charge in [0.05, 0.1) is 25.4 Å². The van der Waals surface area contributed by atoms with Gasteiger partial charge in [0.25, 0.3) is 0 Å². The van der Waals surface area contributed by atoms with Crippen LogP contribution in [0.5, 0.6) is 0 Å². The Morgan fingerprint density at radius 3 is 1.71 bits per heavy atom. The van der Waals surface area contributed by atoms with Crippen LogP contribution in [0.2, 0.25) is 0 Å². The molecule has 0 aromatic rings. The molecule has 0 aromatic heterocycles. The maximum atomic E-state index is 9.13. The largest absolute Gasteiger partial charge is 0.394 e. The zero-order valence-corrected chi connectivity index (χ0v) is 15.8. The molecule has 8 nitrogen and oxygen atoms in total. The Labute approximate surface area is 152 Å². The molecule has 2 fully saturated rings. The predicted molar refractivity (Wildman–Crippen MR) is 98.5 cm³/mol. The van der Waals surface area contributed by atoms with E-state index in [-0.39, 0.29) is 31.6 Å². The van der Waals surface area contributed by atoms with Gasteiger partial charge in [-0.25, -0.2) is 0 Å². The van der Waals surface area contributed by atoms with Gasteiger partial charge in [0, 0.05) is 62.9 Å². The number of halogens is 2. The lowest BCUT2D eigenvalue weighted by atomic mass is 10.2. The van der Waals surface area contributed by atoms with Gasteiger partial charge in [-0.2, -0.15) is 0 Å². The number of hydrogen-bond acceptors (Lipinski definition) is 8. The number of methoxy groups -OCH3 is 1. The van der Waals surface area contributed by atoms with Gasteiger partial charge in [-0.3, -0.25) is 0 Å². The predicted octanol–water partition coefficient (Wildman–Crippen LogP) is 0.303. The van der Waals surface area contributed by atoms with E-state index in [0.717, 1.165) is 0 Å². The van der Waals surface area contributed by atoms with E-state index in [1.807, 2.05) is 0 Å². The normalized spacial score (nSPS) is 38.3. The van der Waals surface area contributed by atoms with Crippen molar-refractivity contribution in [2.75, 3.05) is 20.3 Å². The number of rotatable bonds is 3. The quantitative estimate of drug-likeness (QED) is 0.322. The fourth-order valence-electron chi connectivity index (χ4n) is 1.88. The van der Waals surface area contributed by atoms with Crippen molar-refractivity contribution in [2.24, 2.45) is 0 Å². The molecule has 2 saturated heterocycles. The Morgan fingerprint density at radius 2 is 1.48 bits per heavy atom. The monoisotopic (exact) mass is 544 g/mol. The van der Waals surface area contributed by atoms with Crippen molar-refractivity contribution in [2.45, 2.75) is 49.8 Å². The van der Waals surface area contributed by atoms with Crippen LogP contribution < -0.4 is 0 Å². The molecule has 5 N–H and O–H groups in total. The second-order valence-electron chi connectivity index (χ2n) is 4.44. The summed E-state index contributed by atoms with van der Waals surface area (Å²) in [7, 11) is 1.51. The van der Waals surface area contributed by atoms with Crippen LogP contribution in [-0.4, -0.2) is 82.9 Å². The third-order valence-electron chi connectivity index (χ3n) is 3.02. The van der Waals surface area contributed by atoms with E-state index in [9.17, 15) is 0 Å². The molecule has 2 rings (SSSR count). The van der Waals surface area contributed by atoms with Gasteiger partial charge in [-0.1, -0.05) is 0 Å². The number of hydrogen-bond donors (Lipinski definition) is 5. The lowest BCUT2D eigenvalue weighted by Gasteiger charge is -2.09. The molecule has 2 aliphatic rings. The Morgan fingerprint density at radius 1 is 1.00 bits per heavy atom. The van der Waals surface area contributed by atoms with E-state index in [1.54, 1.807) is 0 Å². The van der Waals surface area contributed by atoms with Gasteiger partial charge >= 0.3 is 0 Å². The second kappa shape index (κ2) is 12.5. The van der Waals surface area contributed by atoms with E-state index < -0.39 is 30.7 Å². The van der Waals surface area contributed by atoms with Crippen molar-refractivity contribution < 1.29 is 45.4 Å². The van der Waals surface area contributed by atoms with Gasteiger partial charge in [-0.15, -0.1) is 0 Å². The van der Waals surface area contributed by atoms with Crippen molar-refractivity contribution in [3.8, 4) is 0 Å². The Balaban J connectivity index is -0.0000000848. The molecule has 0 aromatic carbocycles. The van der Waals surface area contributed by atoms with Crippen LogP contribution in [0.15, 0.2) is 0 Å². The van der Waals surface area contributed by atoms with Gasteiger partial charge in [0.15, 0.2) is 12.6 Å². The summed E-state index contributed by atoms with van der Waals surface area (Å²) in [4.78, 5) is 0.